The van der Waals surface area contributed by atoms with E-state index in [2.05, 4.69) is 67.5 Å². The predicted molar refractivity (Wildman–Crippen MR) is 224 cm³/mol. The van der Waals surface area contributed by atoms with Gasteiger partial charge >= 0.3 is 0 Å². The van der Waals surface area contributed by atoms with E-state index in [1.54, 1.807) is 11.0 Å². The first-order valence-corrected chi connectivity index (χ1v) is 22.5. The number of carbonyl (C=O) groups excluding carboxylic acids is 2. The average Bonchev–Trinajstić information content (AvgIpc) is 3.82. The fraction of sp³-hybridized carbons (Fsp3) is 0.333. The minimum Gasteiger partial charge on any atom is -0.544 e. The Balaban J connectivity index is 1.24. The summed E-state index contributed by atoms with van der Waals surface area (Å²) in [5, 5.41) is 4.12. The molecule has 5 aromatic rings. The van der Waals surface area contributed by atoms with Crippen LogP contribution in [0.1, 0.15) is 71.7 Å². The van der Waals surface area contributed by atoms with E-state index in [1.807, 2.05) is 83.8 Å². The Kier molecular flexibility index (Phi) is 9.87. The number of amides is 2. The number of anilines is 2. The van der Waals surface area contributed by atoms with Crippen molar-refractivity contribution in [2.24, 2.45) is 5.11 Å². The summed E-state index contributed by atoms with van der Waals surface area (Å²) in [5.74, 6) is 1.44. The van der Waals surface area contributed by atoms with E-state index in [9.17, 15) is 10.3 Å². The molecule has 0 fully saturated rings. The van der Waals surface area contributed by atoms with Crippen molar-refractivity contribution in [2.45, 2.75) is 90.3 Å². The summed E-state index contributed by atoms with van der Waals surface area (Å²) >= 11 is 0. The highest BCUT2D eigenvalue weighted by molar-refractivity contribution is 6.74. The van der Waals surface area contributed by atoms with Crippen molar-refractivity contribution in [1.82, 2.24) is 9.47 Å². The third kappa shape index (κ3) is 7.15. The number of hydrogen-bond donors (Lipinski definition) is 0. The lowest BCUT2D eigenvalue weighted by Crippen LogP contribution is -2.43. The molecule has 2 amide bonds. The fourth-order valence-corrected chi connectivity index (χ4v) is 8.91. The molecule has 4 heterocycles. The van der Waals surface area contributed by atoms with E-state index in [1.165, 1.54) is 5.56 Å². The summed E-state index contributed by atoms with van der Waals surface area (Å²) in [4.78, 5) is 36.8. The van der Waals surface area contributed by atoms with Crippen LogP contribution >= 0.6 is 0 Å². The lowest BCUT2D eigenvalue weighted by molar-refractivity contribution is 0.0658. The lowest BCUT2D eigenvalue weighted by atomic mass is 9.93. The molecule has 0 saturated heterocycles. The van der Waals surface area contributed by atoms with Crippen LogP contribution in [0.2, 0.25) is 18.1 Å². The van der Waals surface area contributed by atoms with Crippen LogP contribution in [0, 0.1) is 0 Å². The topological polar surface area (TPSA) is 122 Å². The maximum absolute atomic E-state index is 15.3. The number of hydrogen-bond acceptors (Lipinski definition) is 6. The van der Waals surface area contributed by atoms with Gasteiger partial charge in [-0.1, -0.05) is 68.4 Å². The first kappa shape index (κ1) is 37.9. The molecule has 0 spiro atoms. The van der Waals surface area contributed by atoms with Gasteiger partial charge in [-0.05, 0) is 116 Å². The van der Waals surface area contributed by atoms with Crippen molar-refractivity contribution in [2.75, 3.05) is 11.7 Å². The quantitative estimate of drug-likeness (QED) is 0.0671. The van der Waals surface area contributed by atoms with Crippen molar-refractivity contribution in [3.8, 4) is 28.5 Å². The Bertz CT molecular complexity index is 2400. The Morgan fingerprint density at radius 2 is 1.54 bits per heavy atom. The van der Waals surface area contributed by atoms with E-state index in [0.29, 0.717) is 71.2 Å². The van der Waals surface area contributed by atoms with Crippen LogP contribution in [0.5, 0.6) is 17.2 Å². The molecule has 0 saturated carbocycles. The van der Waals surface area contributed by atoms with E-state index in [4.69, 9.17) is 13.9 Å². The molecular formula is C45H48N6O5Si. The van der Waals surface area contributed by atoms with Crippen LogP contribution in [0.3, 0.4) is 0 Å². The van der Waals surface area contributed by atoms with Gasteiger partial charge in [-0.15, -0.1) is 0 Å². The van der Waals surface area contributed by atoms with Crippen LogP contribution in [0.15, 0.2) is 102 Å². The van der Waals surface area contributed by atoms with Gasteiger partial charge in [-0.3, -0.25) is 14.5 Å². The first-order chi connectivity index (χ1) is 27.3. The van der Waals surface area contributed by atoms with Crippen LogP contribution in [-0.4, -0.2) is 48.5 Å². The number of benzene rings is 4. The van der Waals surface area contributed by atoms with Crippen LogP contribution < -0.4 is 18.8 Å². The molecule has 2 atom stereocenters. The standard InChI is InChI=1S/C45H48N6O5Si/c1-29-22-30-12-10-11-13-31(30)27-50(29)43(52)37-26-42-41(54-28-55-42)25-36(37)40-24-38(39-23-32(47-48-46)20-21-49(39)40)44(53)51(33-14-8-7-9-15-33)34-16-18-35(19-17-34)56-57(5,6)45(2,3)4/h7-19,24-26,29,32H,20-23,27-28H2,1-6H3/t29-,32?/m1/s1. The van der Waals surface area contributed by atoms with Gasteiger partial charge in [0.2, 0.25) is 15.1 Å². The third-order valence-corrected chi connectivity index (χ3v) is 16.4. The summed E-state index contributed by atoms with van der Waals surface area (Å²) in [5.41, 5.74) is 16.2. The summed E-state index contributed by atoms with van der Waals surface area (Å²) in [6.45, 7) is 14.1. The van der Waals surface area contributed by atoms with Gasteiger partial charge in [-0.2, -0.15) is 0 Å². The molecule has 0 aliphatic carbocycles. The van der Waals surface area contributed by atoms with Gasteiger partial charge in [0.1, 0.15) is 5.75 Å². The molecule has 292 valence electrons. The van der Waals surface area contributed by atoms with Gasteiger partial charge in [0.25, 0.3) is 11.8 Å². The number of fused-ring (bicyclic) bond motifs is 3. The number of carbonyl (C=O) groups is 2. The van der Waals surface area contributed by atoms with E-state index in [-0.39, 0.29) is 35.7 Å². The zero-order valence-electron chi connectivity index (χ0n) is 33.4. The molecule has 3 aliphatic rings. The predicted octanol–water partition coefficient (Wildman–Crippen LogP) is 10.5. The number of rotatable bonds is 8. The summed E-state index contributed by atoms with van der Waals surface area (Å²) in [7, 11) is -2.10. The van der Waals surface area contributed by atoms with E-state index in [0.717, 1.165) is 23.4 Å². The molecule has 12 heteroatoms. The molecule has 11 nitrogen and oxygen atoms in total. The van der Waals surface area contributed by atoms with Gasteiger partial charge in [0.15, 0.2) is 11.5 Å². The van der Waals surface area contributed by atoms with Crippen molar-refractivity contribution in [3.63, 3.8) is 0 Å². The second-order valence-corrected chi connectivity index (χ2v) is 21.5. The molecule has 4 aromatic carbocycles. The van der Waals surface area contributed by atoms with Crippen molar-refractivity contribution < 1.29 is 23.5 Å². The fourth-order valence-electron chi connectivity index (χ4n) is 7.88. The highest BCUT2D eigenvalue weighted by Gasteiger charge is 2.39. The molecule has 0 N–H and O–H groups in total. The Labute approximate surface area is 334 Å². The Hall–Kier alpha value is -5.97. The third-order valence-electron chi connectivity index (χ3n) is 12.0. The van der Waals surface area contributed by atoms with Crippen LogP contribution in [0.25, 0.3) is 21.7 Å². The SMILES string of the molecule is C[C@@H]1Cc2ccccc2CN1C(=O)c1cc2c(cc1-c1cc(C(=O)N(c3ccccc3)c3ccc(O[Si](C)(C)C(C)(C)C)cc3)c3n1CCC(N=[N+]=[N-])C3)OCO2. The molecule has 8 rings (SSSR count). The summed E-state index contributed by atoms with van der Waals surface area (Å²) in [6.07, 6.45) is 1.69. The second kappa shape index (κ2) is 14.8. The number of nitrogens with zero attached hydrogens (tertiary/aromatic N) is 6. The molecule has 3 aliphatic heterocycles. The van der Waals surface area contributed by atoms with Gasteiger partial charge in [0.05, 0.1) is 11.1 Å². The summed E-state index contributed by atoms with van der Waals surface area (Å²) < 4.78 is 20.4. The van der Waals surface area contributed by atoms with Gasteiger partial charge in [-0.25, -0.2) is 0 Å². The highest BCUT2D eigenvalue weighted by Crippen LogP contribution is 2.43. The first-order valence-electron chi connectivity index (χ1n) is 19.6. The minimum atomic E-state index is -2.10. The Morgan fingerprint density at radius 3 is 2.25 bits per heavy atom. The van der Waals surface area contributed by atoms with Crippen molar-refractivity contribution in [3.05, 3.63) is 135 Å². The zero-order chi connectivity index (χ0) is 40.1. The summed E-state index contributed by atoms with van der Waals surface area (Å²) in [6, 6.07) is 30.7. The van der Waals surface area contributed by atoms with Crippen LogP contribution in [-0.2, 0) is 25.9 Å². The maximum Gasteiger partial charge on any atom is 0.264 e. The van der Waals surface area contributed by atoms with Crippen LogP contribution in [0.4, 0.5) is 11.4 Å². The van der Waals surface area contributed by atoms with E-state index >= 15 is 4.79 Å². The largest absolute Gasteiger partial charge is 0.544 e. The van der Waals surface area contributed by atoms with Gasteiger partial charge in [0, 0.05) is 58.4 Å². The smallest absolute Gasteiger partial charge is 0.264 e. The zero-order valence-corrected chi connectivity index (χ0v) is 34.4. The second-order valence-electron chi connectivity index (χ2n) is 16.7. The minimum absolute atomic E-state index is 0.0251. The molecule has 57 heavy (non-hydrogen) atoms. The van der Waals surface area contributed by atoms with E-state index < -0.39 is 8.32 Å². The number of aromatic nitrogens is 1. The van der Waals surface area contributed by atoms with Gasteiger partial charge < -0.3 is 23.4 Å². The number of para-hydroxylation sites is 1. The Morgan fingerprint density at radius 1 is 0.877 bits per heavy atom. The van der Waals surface area contributed by atoms with Crippen molar-refractivity contribution in [1.29, 1.82) is 0 Å². The monoisotopic (exact) mass is 780 g/mol. The number of azide groups is 1. The highest BCUT2D eigenvalue weighted by atomic mass is 28.4. The van der Waals surface area contributed by atoms with Crippen molar-refractivity contribution >= 4 is 31.5 Å². The molecule has 1 aromatic heterocycles. The lowest BCUT2D eigenvalue weighted by Gasteiger charge is -2.36. The molecular weight excluding hydrogens is 733 g/mol. The average molecular weight is 781 g/mol. The molecule has 1 unspecified atom stereocenters. The number of ether oxygens (including phenoxy) is 2. The normalized spacial score (nSPS) is 17.3. The molecule has 0 bridgehead atoms. The maximum atomic E-state index is 15.3. The molecule has 0 radical (unpaired) electrons.